The first kappa shape index (κ1) is 18.9. The Morgan fingerprint density at radius 2 is 1.88 bits per heavy atom. The maximum Gasteiger partial charge on any atom is 0.241 e. The van der Waals surface area contributed by atoms with Crippen molar-refractivity contribution in [2.45, 2.75) is 24.4 Å². The quantitative estimate of drug-likeness (QED) is 0.690. The first-order valence-electron chi connectivity index (χ1n) is 7.59. The molecule has 2 rings (SSSR count). The number of primary sulfonamides is 1. The zero-order valence-electron chi connectivity index (χ0n) is 14.0. The molecule has 0 fully saturated rings. The van der Waals surface area contributed by atoms with E-state index in [2.05, 4.69) is 10.6 Å². The Balaban J connectivity index is 1.91. The van der Waals surface area contributed by atoms with Gasteiger partial charge < -0.3 is 15.4 Å². The summed E-state index contributed by atoms with van der Waals surface area (Å²) >= 11 is 0. The van der Waals surface area contributed by atoms with E-state index < -0.39 is 16.1 Å². The van der Waals surface area contributed by atoms with Crippen molar-refractivity contribution in [3.8, 4) is 5.75 Å². The monoisotopic (exact) mass is 363 g/mol. The summed E-state index contributed by atoms with van der Waals surface area (Å²) in [6, 6.07) is 12.8. The number of benzene rings is 2. The molecule has 0 saturated carbocycles. The first-order valence-corrected chi connectivity index (χ1v) is 9.14. The summed E-state index contributed by atoms with van der Waals surface area (Å²) in [5.41, 5.74) is 1.49. The number of nitrogens with one attached hydrogen (secondary N) is 2. The molecule has 7 nitrogen and oxygen atoms in total. The molecule has 0 aliphatic rings. The van der Waals surface area contributed by atoms with Crippen molar-refractivity contribution >= 4 is 21.6 Å². The minimum atomic E-state index is -3.74. The van der Waals surface area contributed by atoms with Gasteiger partial charge in [0.15, 0.2) is 0 Å². The highest BCUT2D eigenvalue weighted by atomic mass is 32.2. The lowest BCUT2D eigenvalue weighted by atomic mass is 10.2. The van der Waals surface area contributed by atoms with Gasteiger partial charge in [0.05, 0.1) is 18.0 Å². The summed E-state index contributed by atoms with van der Waals surface area (Å²) in [6.07, 6.45) is 0. The minimum Gasteiger partial charge on any atom is -0.497 e. The maximum absolute atomic E-state index is 12.2. The van der Waals surface area contributed by atoms with E-state index in [-0.39, 0.29) is 10.8 Å². The van der Waals surface area contributed by atoms with Gasteiger partial charge in [-0.2, -0.15) is 0 Å². The lowest BCUT2D eigenvalue weighted by molar-refractivity contribution is -0.117. The predicted molar refractivity (Wildman–Crippen MR) is 95.7 cm³/mol. The van der Waals surface area contributed by atoms with Gasteiger partial charge in [0.25, 0.3) is 0 Å². The highest BCUT2D eigenvalue weighted by Gasteiger charge is 2.13. The van der Waals surface area contributed by atoms with E-state index in [4.69, 9.17) is 9.88 Å². The van der Waals surface area contributed by atoms with Crippen molar-refractivity contribution in [3.05, 3.63) is 54.1 Å². The van der Waals surface area contributed by atoms with Crippen molar-refractivity contribution < 1.29 is 17.9 Å². The van der Waals surface area contributed by atoms with Crippen LogP contribution in [0.5, 0.6) is 5.75 Å². The van der Waals surface area contributed by atoms with Gasteiger partial charge in [-0.1, -0.05) is 12.1 Å². The van der Waals surface area contributed by atoms with Gasteiger partial charge in [0.2, 0.25) is 15.9 Å². The van der Waals surface area contributed by atoms with E-state index in [1.54, 1.807) is 14.0 Å². The van der Waals surface area contributed by atoms with Crippen LogP contribution in [0.4, 0.5) is 5.69 Å². The summed E-state index contributed by atoms with van der Waals surface area (Å²) in [6.45, 7) is 2.25. The van der Waals surface area contributed by atoms with Crippen LogP contribution in [0.2, 0.25) is 0 Å². The lowest BCUT2D eigenvalue weighted by Crippen LogP contribution is -2.37. The molecular formula is C17H21N3O4S. The number of hydrogen-bond acceptors (Lipinski definition) is 5. The second kappa shape index (κ2) is 8.11. The fourth-order valence-electron chi connectivity index (χ4n) is 2.12. The van der Waals surface area contributed by atoms with E-state index in [1.807, 2.05) is 24.3 Å². The fourth-order valence-corrected chi connectivity index (χ4v) is 2.64. The highest BCUT2D eigenvalue weighted by molar-refractivity contribution is 7.89. The van der Waals surface area contributed by atoms with Gasteiger partial charge in [-0.05, 0) is 48.9 Å². The normalized spacial score (nSPS) is 12.4. The van der Waals surface area contributed by atoms with E-state index in [9.17, 15) is 13.2 Å². The van der Waals surface area contributed by atoms with Crippen molar-refractivity contribution in [2.75, 3.05) is 12.4 Å². The molecule has 1 atom stereocenters. The second-order valence-electron chi connectivity index (χ2n) is 5.51. The molecular weight excluding hydrogens is 342 g/mol. The number of hydrogen-bond donors (Lipinski definition) is 3. The number of rotatable bonds is 7. The number of anilines is 1. The predicted octanol–water partition coefficient (Wildman–Crippen LogP) is 1.46. The molecule has 4 N–H and O–H groups in total. The molecule has 0 aliphatic heterocycles. The van der Waals surface area contributed by atoms with Crippen molar-refractivity contribution in [3.63, 3.8) is 0 Å². The molecule has 0 radical (unpaired) electrons. The number of carbonyl (C=O) groups is 1. The second-order valence-corrected chi connectivity index (χ2v) is 7.07. The molecule has 25 heavy (non-hydrogen) atoms. The third-order valence-electron chi connectivity index (χ3n) is 3.59. The summed E-state index contributed by atoms with van der Waals surface area (Å²) < 4.78 is 27.6. The average molecular weight is 363 g/mol. The molecule has 1 amide bonds. The largest absolute Gasteiger partial charge is 0.497 e. The highest BCUT2D eigenvalue weighted by Crippen LogP contribution is 2.14. The van der Waals surface area contributed by atoms with Gasteiger partial charge in [0.1, 0.15) is 5.75 Å². The number of ether oxygens (including phenoxy) is 1. The SMILES string of the molecule is COc1cccc(CNC(C)C(=O)Nc2ccc(S(N)(=O)=O)cc2)c1. The van der Waals surface area contributed by atoms with Crippen molar-refractivity contribution in [1.82, 2.24) is 5.32 Å². The van der Waals surface area contributed by atoms with Crippen LogP contribution in [0.15, 0.2) is 53.4 Å². The van der Waals surface area contributed by atoms with Crippen molar-refractivity contribution in [1.29, 1.82) is 0 Å². The Kier molecular flexibility index (Phi) is 6.13. The zero-order valence-corrected chi connectivity index (χ0v) is 14.8. The smallest absolute Gasteiger partial charge is 0.241 e. The number of amides is 1. The number of carbonyl (C=O) groups excluding carboxylic acids is 1. The van der Waals surface area contributed by atoms with E-state index in [0.29, 0.717) is 12.2 Å². The number of nitrogens with two attached hydrogens (primary N) is 1. The molecule has 2 aromatic carbocycles. The Bertz CT molecular complexity index is 835. The first-order chi connectivity index (χ1) is 11.8. The third kappa shape index (κ3) is 5.56. The zero-order chi connectivity index (χ0) is 18.4. The molecule has 0 bridgehead atoms. The molecule has 0 saturated heterocycles. The Labute approximate surface area is 147 Å². The molecule has 0 heterocycles. The topological polar surface area (TPSA) is 111 Å². The van der Waals surface area contributed by atoms with Gasteiger partial charge in [-0.15, -0.1) is 0 Å². The van der Waals surface area contributed by atoms with Crippen LogP contribution in [0.25, 0.3) is 0 Å². The maximum atomic E-state index is 12.2. The van der Waals surface area contributed by atoms with Crippen molar-refractivity contribution in [2.24, 2.45) is 5.14 Å². The molecule has 8 heteroatoms. The van der Waals surface area contributed by atoms with Crippen LogP contribution in [-0.2, 0) is 21.4 Å². The Morgan fingerprint density at radius 1 is 1.20 bits per heavy atom. The van der Waals surface area contributed by atoms with E-state index in [1.165, 1.54) is 24.3 Å². The van der Waals surface area contributed by atoms with Crippen LogP contribution in [0, 0.1) is 0 Å². The average Bonchev–Trinajstić information content (AvgIpc) is 2.59. The van der Waals surface area contributed by atoms with E-state index >= 15 is 0 Å². The van der Waals surface area contributed by atoms with Crippen LogP contribution >= 0.6 is 0 Å². The number of sulfonamides is 1. The van der Waals surface area contributed by atoms with E-state index in [0.717, 1.165) is 11.3 Å². The van der Waals surface area contributed by atoms with Crippen LogP contribution < -0.4 is 20.5 Å². The Hall–Kier alpha value is -2.42. The van der Waals surface area contributed by atoms with Gasteiger partial charge >= 0.3 is 0 Å². The van der Waals surface area contributed by atoms with Gasteiger partial charge in [-0.3, -0.25) is 4.79 Å². The summed E-state index contributed by atoms with van der Waals surface area (Å²) in [5.74, 6) is 0.526. The molecule has 134 valence electrons. The molecule has 1 unspecified atom stereocenters. The van der Waals surface area contributed by atoms with Crippen LogP contribution in [0.3, 0.4) is 0 Å². The summed E-state index contributed by atoms with van der Waals surface area (Å²) in [7, 11) is -2.14. The Morgan fingerprint density at radius 3 is 2.48 bits per heavy atom. The third-order valence-corrected chi connectivity index (χ3v) is 4.52. The van der Waals surface area contributed by atoms with Crippen LogP contribution in [-0.4, -0.2) is 27.5 Å². The number of methoxy groups -OCH3 is 1. The fraction of sp³-hybridized carbons (Fsp3) is 0.235. The molecule has 0 aromatic heterocycles. The standard InChI is InChI=1S/C17H21N3O4S/c1-12(19-11-13-4-3-5-15(10-13)24-2)17(21)20-14-6-8-16(9-7-14)25(18,22)23/h3-10,12,19H,11H2,1-2H3,(H,20,21)(H2,18,22,23). The lowest BCUT2D eigenvalue weighted by Gasteiger charge is -2.14. The molecule has 2 aromatic rings. The molecule has 0 aliphatic carbocycles. The van der Waals surface area contributed by atoms with Gasteiger partial charge in [0, 0.05) is 12.2 Å². The summed E-state index contributed by atoms with van der Waals surface area (Å²) in [4.78, 5) is 12.2. The van der Waals surface area contributed by atoms with Gasteiger partial charge in [-0.25, -0.2) is 13.6 Å². The van der Waals surface area contributed by atoms with Crippen LogP contribution in [0.1, 0.15) is 12.5 Å². The summed E-state index contributed by atoms with van der Waals surface area (Å²) in [5, 5.41) is 10.9. The minimum absolute atomic E-state index is 0.00491. The molecule has 0 spiro atoms.